The number of aromatic amines is 1. The Morgan fingerprint density at radius 1 is 1.20 bits per heavy atom. The van der Waals surface area contributed by atoms with Gasteiger partial charge in [0.25, 0.3) is 0 Å². The first-order valence-corrected chi connectivity index (χ1v) is 8.31. The second-order valence-corrected chi connectivity index (χ2v) is 6.11. The number of nitrogens with one attached hydrogen (secondary N) is 1. The van der Waals surface area contributed by atoms with Crippen LogP contribution in [0.5, 0.6) is 0 Å². The number of nitrogens with zero attached hydrogens (tertiary/aromatic N) is 3. The molecule has 0 unspecified atom stereocenters. The van der Waals surface area contributed by atoms with Gasteiger partial charge in [0.15, 0.2) is 0 Å². The standard InChI is InChI=1S/C19H19FN4O/c20-16-5-3-15(4-6-16)17-11-22-19(23-17)18-13-25-9-8-24(18)12-14-2-1-7-21-10-14/h1-7,10-11,18H,8-9,12-13H2,(H,22,23)/t18-/m0/s1. The molecule has 4 rings (SSSR count). The minimum Gasteiger partial charge on any atom is -0.378 e. The van der Waals surface area contributed by atoms with Crippen molar-refractivity contribution in [3.63, 3.8) is 0 Å². The van der Waals surface area contributed by atoms with Crippen molar-refractivity contribution in [1.82, 2.24) is 19.9 Å². The first kappa shape index (κ1) is 15.9. The third-order valence-electron chi connectivity index (χ3n) is 4.41. The summed E-state index contributed by atoms with van der Waals surface area (Å²) in [6.07, 6.45) is 5.46. The molecule has 0 aliphatic carbocycles. The van der Waals surface area contributed by atoms with E-state index in [1.807, 2.05) is 12.3 Å². The van der Waals surface area contributed by atoms with E-state index >= 15 is 0 Å². The molecule has 25 heavy (non-hydrogen) atoms. The summed E-state index contributed by atoms with van der Waals surface area (Å²) in [7, 11) is 0. The smallest absolute Gasteiger partial charge is 0.126 e. The van der Waals surface area contributed by atoms with Gasteiger partial charge in [0.1, 0.15) is 11.6 Å². The molecule has 0 saturated carbocycles. The molecule has 6 heteroatoms. The molecular formula is C19H19FN4O. The largest absolute Gasteiger partial charge is 0.378 e. The van der Waals surface area contributed by atoms with Crippen LogP contribution in [-0.2, 0) is 11.3 Å². The number of halogens is 1. The number of hydrogen-bond acceptors (Lipinski definition) is 4. The average molecular weight is 338 g/mol. The SMILES string of the molecule is Fc1ccc(-c2cnc([C@@H]3COCCN3Cc3cccnc3)[nH]2)cc1. The number of pyridine rings is 1. The predicted octanol–water partition coefficient (Wildman–Crippen LogP) is 3.18. The van der Waals surface area contributed by atoms with Gasteiger partial charge >= 0.3 is 0 Å². The molecule has 0 spiro atoms. The second kappa shape index (κ2) is 7.13. The molecule has 1 aliphatic heterocycles. The quantitative estimate of drug-likeness (QED) is 0.794. The summed E-state index contributed by atoms with van der Waals surface area (Å²) in [6, 6.07) is 10.5. The molecule has 1 aliphatic rings. The van der Waals surface area contributed by atoms with Crippen LogP contribution in [0.3, 0.4) is 0 Å². The van der Waals surface area contributed by atoms with Gasteiger partial charge in [0, 0.05) is 25.5 Å². The van der Waals surface area contributed by atoms with Gasteiger partial charge < -0.3 is 9.72 Å². The summed E-state index contributed by atoms with van der Waals surface area (Å²) in [5, 5.41) is 0. The highest BCUT2D eigenvalue weighted by atomic mass is 19.1. The Kier molecular flexibility index (Phi) is 4.54. The molecular weight excluding hydrogens is 319 g/mol. The van der Waals surface area contributed by atoms with Crippen LogP contribution < -0.4 is 0 Å². The van der Waals surface area contributed by atoms with Crippen LogP contribution in [-0.4, -0.2) is 39.6 Å². The number of ether oxygens (including phenoxy) is 1. The molecule has 3 heterocycles. The van der Waals surface area contributed by atoms with Crippen LogP contribution >= 0.6 is 0 Å². The van der Waals surface area contributed by atoms with Gasteiger partial charge in [-0.05, 0) is 41.5 Å². The summed E-state index contributed by atoms with van der Waals surface area (Å²) >= 11 is 0. The topological polar surface area (TPSA) is 54.0 Å². The second-order valence-electron chi connectivity index (χ2n) is 6.11. The van der Waals surface area contributed by atoms with E-state index in [1.165, 1.54) is 17.7 Å². The van der Waals surface area contributed by atoms with E-state index in [-0.39, 0.29) is 11.9 Å². The van der Waals surface area contributed by atoms with Crippen molar-refractivity contribution in [3.8, 4) is 11.3 Å². The first-order chi connectivity index (χ1) is 12.3. The maximum absolute atomic E-state index is 13.1. The zero-order valence-corrected chi connectivity index (χ0v) is 13.7. The van der Waals surface area contributed by atoms with Gasteiger partial charge in [0.05, 0.1) is 31.1 Å². The zero-order chi connectivity index (χ0) is 17.1. The van der Waals surface area contributed by atoms with Crippen molar-refractivity contribution < 1.29 is 9.13 Å². The molecule has 3 aromatic rings. The highest BCUT2D eigenvalue weighted by Gasteiger charge is 2.27. The number of morpholine rings is 1. The van der Waals surface area contributed by atoms with E-state index in [4.69, 9.17) is 4.74 Å². The van der Waals surface area contributed by atoms with Crippen molar-refractivity contribution in [1.29, 1.82) is 0 Å². The van der Waals surface area contributed by atoms with E-state index < -0.39 is 0 Å². The lowest BCUT2D eigenvalue weighted by Crippen LogP contribution is -2.39. The third kappa shape index (κ3) is 3.60. The molecule has 1 N–H and O–H groups in total. The minimum atomic E-state index is -0.244. The summed E-state index contributed by atoms with van der Waals surface area (Å²) in [5.41, 5.74) is 2.96. The Balaban J connectivity index is 1.55. The zero-order valence-electron chi connectivity index (χ0n) is 13.7. The summed E-state index contributed by atoms with van der Waals surface area (Å²) in [6.45, 7) is 2.94. The lowest BCUT2D eigenvalue weighted by molar-refractivity contribution is -0.0156. The Morgan fingerprint density at radius 3 is 2.88 bits per heavy atom. The van der Waals surface area contributed by atoms with Crippen molar-refractivity contribution in [2.45, 2.75) is 12.6 Å². The maximum atomic E-state index is 13.1. The Bertz CT molecular complexity index is 819. The van der Waals surface area contributed by atoms with Gasteiger partial charge in [-0.3, -0.25) is 9.88 Å². The maximum Gasteiger partial charge on any atom is 0.126 e. The lowest BCUT2D eigenvalue weighted by Gasteiger charge is -2.34. The molecule has 1 saturated heterocycles. The third-order valence-corrected chi connectivity index (χ3v) is 4.41. The number of aromatic nitrogens is 3. The van der Waals surface area contributed by atoms with Crippen molar-refractivity contribution in [2.24, 2.45) is 0 Å². The normalized spacial score (nSPS) is 18.4. The van der Waals surface area contributed by atoms with Crippen LogP contribution in [0.25, 0.3) is 11.3 Å². The summed E-state index contributed by atoms with van der Waals surface area (Å²) in [5.74, 6) is 0.620. The van der Waals surface area contributed by atoms with Gasteiger partial charge in [-0.15, -0.1) is 0 Å². The van der Waals surface area contributed by atoms with Crippen molar-refractivity contribution >= 4 is 0 Å². The fraction of sp³-hybridized carbons (Fsp3) is 0.263. The predicted molar refractivity (Wildman–Crippen MR) is 92.2 cm³/mol. The minimum absolute atomic E-state index is 0.0585. The van der Waals surface area contributed by atoms with E-state index in [1.54, 1.807) is 24.5 Å². The Hall–Kier alpha value is -2.57. The Labute approximate surface area is 145 Å². The van der Waals surface area contributed by atoms with E-state index in [0.717, 1.165) is 30.2 Å². The molecule has 5 nitrogen and oxygen atoms in total. The first-order valence-electron chi connectivity index (χ1n) is 8.31. The van der Waals surface area contributed by atoms with Gasteiger partial charge in [-0.2, -0.15) is 0 Å². The molecule has 0 radical (unpaired) electrons. The van der Waals surface area contributed by atoms with Crippen LogP contribution in [0.15, 0.2) is 55.0 Å². The summed E-state index contributed by atoms with van der Waals surface area (Å²) < 4.78 is 18.8. The van der Waals surface area contributed by atoms with Crippen LogP contribution in [0.1, 0.15) is 17.4 Å². The number of rotatable bonds is 4. The highest BCUT2D eigenvalue weighted by molar-refractivity contribution is 5.58. The average Bonchev–Trinajstić information content (AvgIpc) is 3.14. The summed E-state index contributed by atoms with van der Waals surface area (Å²) in [4.78, 5) is 14.4. The van der Waals surface area contributed by atoms with Crippen molar-refractivity contribution in [2.75, 3.05) is 19.8 Å². The monoisotopic (exact) mass is 338 g/mol. The van der Waals surface area contributed by atoms with E-state index in [9.17, 15) is 4.39 Å². The van der Waals surface area contributed by atoms with Gasteiger partial charge in [-0.1, -0.05) is 6.07 Å². The van der Waals surface area contributed by atoms with Crippen LogP contribution in [0.2, 0.25) is 0 Å². The highest BCUT2D eigenvalue weighted by Crippen LogP contribution is 2.26. The molecule has 128 valence electrons. The lowest BCUT2D eigenvalue weighted by atomic mass is 10.1. The van der Waals surface area contributed by atoms with Crippen LogP contribution in [0.4, 0.5) is 4.39 Å². The molecule has 1 atom stereocenters. The molecule has 0 bridgehead atoms. The van der Waals surface area contributed by atoms with Gasteiger partial charge in [0.2, 0.25) is 0 Å². The molecule has 0 amide bonds. The van der Waals surface area contributed by atoms with Crippen molar-refractivity contribution in [3.05, 3.63) is 72.2 Å². The fourth-order valence-corrected chi connectivity index (χ4v) is 3.09. The number of H-pyrrole nitrogens is 1. The Morgan fingerprint density at radius 2 is 2.08 bits per heavy atom. The van der Waals surface area contributed by atoms with E-state index in [2.05, 4.69) is 25.9 Å². The molecule has 1 fully saturated rings. The molecule has 2 aromatic heterocycles. The fourth-order valence-electron chi connectivity index (χ4n) is 3.09. The van der Waals surface area contributed by atoms with E-state index in [0.29, 0.717) is 13.2 Å². The van der Waals surface area contributed by atoms with Gasteiger partial charge in [-0.25, -0.2) is 9.37 Å². The number of hydrogen-bond donors (Lipinski definition) is 1. The number of imidazole rings is 1. The van der Waals surface area contributed by atoms with Crippen LogP contribution in [0, 0.1) is 5.82 Å². The molecule has 1 aromatic carbocycles. The number of benzene rings is 1.